The monoisotopic (exact) mass is 450 g/mol. The summed E-state index contributed by atoms with van der Waals surface area (Å²) in [6.07, 6.45) is 34.6. The number of amides is 3. The summed E-state index contributed by atoms with van der Waals surface area (Å²) in [6, 6.07) is 0. The summed E-state index contributed by atoms with van der Waals surface area (Å²) in [5, 5.41) is 0. The Balaban J connectivity index is 2.14. The molecule has 0 aromatic heterocycles. The van der Waals surface area contributed by atoms with Crippen LogP contribution in [0.3, 0.4) is 0 Å². The van der Waals surface area contributed by atoms with E-state index in [1.54, 1.807) is 0 Å². The van der Waals surface area contributed by atoms with E-state index >= 15 is 0 Å². The van der Waals surface area contributed by atoms with Gasteiger partial charge in [-0.25, -0.2) is 0 Å². The molecule has 0 aromatic carbocycles. The average Bonchev–Trinajstić information content (AvgIpc) is 3.12. The number of nitrogens with zero attached hydrogens (tertiary/aromatic N) is 1. The van der Waals surface area contributed by atoms with Gasteiger partial charge in [-0.3, -0.25) is 19.3 Å². The number of allylic oxidation sites excluding steroid dienone is 12. The minimum atomic E-state index is -0.415. The van der Waals surface area contributed by atoms with Gasteiger partial charge >= 0.3 is 0 Å². The van der Waals surface area contributed by atoms with Gasteiger partial charge in [0.25, 0.3) is 11.8 Å². The first-order valence-electron chi connectivity index (χ1n) is 11.8. The van der Waals surface area contributed by atoms with E-state index in [1.807, 2.05) is 12.2 Å². The molecule has 0 aromatic rings. The van der Waals surface area contributed by atoms with Crippen LogP contribution in [0.15, 0.2) is 85.1 Å². The van der Waals surface area contributed by atoms with Crippen molar-refractivity contribution >= 4 is 17.7 Å². The fourth-order valence-corrected chi connectivity index (χ4v) is 3.09. The van der Waals surface area contributed by atoms with Crippen molar-refractivity contribution in [3.05, 3.63) is 85.1 Å². The highest BCUT2D eigenvalue weighted by Crippen LogP contribution is 2.13. The number of primary amides is 1. The molecule has 0 spiro atoms. The SMILES string of the molecule is CCC=CCC=CCC=CCC=CCC=CCC=CCC(CCN1C(=O)C=CC1=O)C(N)=O. The zero-order valence-corrected chi connectivity index (χ0v) is 19.8. The smallest absolute Gasteiger partial charge is 0.253 e. The molecule has 0 fully saturated rings. The maximum absolute atomic E-state index is 11.6. The molecule has 5 nitrogen and oxygen atoms in total. The molecule has 0 bridgehead atoms. The van der Waals surface area contributed by atoms with E-state index in [1.165, 1.54) is 12.2 Å². The summed E-state index contributed by atoms with van der Waals surface area (Å²) in [4.78, 5) is 35.9. The topological polar surface area (TPSA) is 80.5 Å². The molecule has 0 radical (unpaired) electrons. The van der Waals surface area contributed by atoms with Gasteiger partial charge in [0.2, 0.25) is 5.91 Å². The summed E-state index contributed by atoms with van der Waals surface area (Å²) >= 11 is 0. The molecule has 2 N–H and O–H groups in total. The van der Waals surface area contributed by atoms with Gasteiger partial charge in [-0.2, -0.15) is 0 Å². The fraction of sp³-hybridized carbons (Fsp3) is 0.393. The Morgan fingerprint density at radius 3 is 1.55 bits per heavy atom. The van der Waals surface area contributed by atoms with Gasteiger partial charge in [0.15, 0.2) is 0 Å². The van der Waals surface area contributed by atoms with Crippen LogP contribution in [0.25, 0.3) is 0 Å². The van der Waals surface area contributed by atoms with Gasteiger partial charge in [-0.1, -0.05) is 79.8 Å². The minimum Gasteiger partial charge on any atom is -0.369 e. The van der Waals surface area contributed by atoms with Crippen molar-refractivity contribution in [1.29, 1.82) is 0 Å². The lowest BCUT2D eigenvalue weighted by atomic mass is 10.00. The second-order valence-corrected chi connectivity index (χ2v) is 7.70. The lowest BCUT2D eigenvalue weighted by Gasteiger charge is -2.17. The lowest BCUT2D eigenvalue weighted by molar-refractivity contribution is -0.137. The number of carbonyl (C=O) groups is 3. The van der Waals surface area contributed by atoms with Crippen LogP contribution in [0.1, 0.15) is 58.3 Å². The van der Waals surface area contributed by atoms with Gasteiger partial charge in [0, 0.05) is 24.6 Å². The summed E-state index contributed by atoms with van der Waals surface area (Å²) in [6.45, 7) is 2.35. The summed E-state index contributed by atoms with van der Waals surface area (Å²) in [5.74, 6) is -1.48. The predicted molar refractivity (Wildman–Crippen MR) is 136 cm³/mol. The second kappa shape index (κ2) is 18.4. The van der Waals surface area contributed by atoms with Crippen LogP contribution < -0.4 is 5.73 Å². The van der Waals surface area contributed by atoms with Crippen LogP contribution in [0.5, 0.6) is 0 Å². The van der Waals surface area contributed by atoms with Crippen LogP contribution in [0.2, 0.25) is 0 Å². The van der Waals surface area contributed by atoms with Crippen molar-refractivity contribution in [3.63, 3.8) is 0 Å². The zero-order chi connectivity index (χ0) is 24.2. The van der Waals surface area contributed by atoms with E-state index in [2.05, 4.69) is 67.7 Å². The average molecular weight is 451 g/mol. The van der Waals surface area contributed by atoms with Gasteiger partial charge in [0.05, 0.1) is 0 Å². The predicted octanol–water partition coefficient (Wildman–Crippen LogP) is 5.49. The Hall–Kier alpha value is -3.21. The molecule has 178 valence electrons. The van der Waals surface area contributed by atoms with Gasteiger partial charge in [-0.05, 0) is 51.4 Å². The van der Waals surface area contributed by atoms with Crippen LogP contribution in [0.4, 0.5) is 0 Å². The fourth-order valence-electron chi connectivity index (χ4n) is 3.09. The molecule has 0 saturated heterocycles. The number of carbonyl (C=O) groups excluding carboxylic acids is 3. The summed E-state index contributed by atoms with van der Waals surface area (Å²) in [5.41, 5.74) is 5.46. The van der Waals surface area contributed by atoms with Crippen molar-refractivity contribution in [2.45, 2.75) is 58.3 Å². The first-order chi connectivity index (χ1) is 16.1. The van der Waals surface area contributed by atoms with Crippen LogP contribution in [-0.4, -0.2) is 29.2 Å². The van der Waals surface area contributed by atoms with Gasteiger partial charge < -0.3 is 5.73 Å². The van der Waals surface area contributed by atoms with E-state index in [0.717, 1.165) is 43.4 Å². The molecule has 1 unspecified atom stereocenters. The summed E-state index contributed by atoms with van der Waals surface area (Å²) in [7, 11) is 0. The maximum Gasteiger partial charge on any atom is 0.253 e. The Bertz CT molecular complexity index is 795. The molecule has 1 aliphatic rings. The van der Waals surface area contributed by atoms with Crippen LogP contribution in [0, 0.1) is 5.92 Å². The first-order valence-corrected chi connectivity index (χ1v) is 11.8. The highest BCUT2D eigenvalue weighted by Gasteiger charge is 2.25. The minimum absolute atomic E-state index is 0.209. The molecule has 1 aliphatic heterocycles. The second-order valence-electron chi connectivity index (χ2n) is 7.70. The molecule has 0 saturated carbocycles. The van der Waals surface area contributed by atoms with Crippen molar-refractivity contribution < 1.29 is 14.4 Å². The van der Waals surface area contributed by atoms with Crippen LogP contribution >= 0.6 is 0 Å². The molecule has 3 amide bonds. The van der Waals surface area contributed by atoms with E-state index in [0.29, 0.717) is 12.8 Å². The number of hydrogen-bond acceptors (Lipinski definition) is 3. The first kappa shape index (κ1) is 27.8. The third kappa shape index (κ3) is 13.7. The largest absolute Gasteiger partial charge is 0.369 e. The maximum atomic E-state index is 11.6. The Labute approximate surface area is 198 Å². The Kier molecular flexibility index (Phi) is 15.5. The van der Waals surface area contributed by atoms with E-state index in [9.17, 15) is 14.4 Å². The summed E-state index contributed by atoms with van der Waals surface area (Å²) < 4.78 is 0. The van der Waals surface area contributed by atoms with Crippen molar-refractivity contribution in [2.24, 2.45) is 11.7 Å². The third-order valence-corrected chi connectivity index (χ3v) is 5.02. The molecule has 1 atom stereocenters. The lowest BCUT2D eigenvalue weighted by Crippen LogP contribution is -2.34. The molecule has 1 heterocycles. The van der Waals surface area contributed by atoms with Crippen LogP contribution in [-0.2, 0) is 14.4 Å². The molecule has 0 aliphatic carbocycles. The molecule has 33 heavy (non-hydrogen) atoms. The Morgan fingerprint density at radius 2 is 1.15 bits per heavy atom. The Morgan fingerprint density at radius 1 is 0.758 bits per heavy atom. The standard InChI is InChI=1S/C28H38N2O3/c1-2-3-4-5-6-7-8-9-10-11-12-13-14-15-16-17-18-19-20-25(28(29)33)23-24-30-26(31)21-22-27(30)32/h3-4,6-7,9-10,12-13,15-16,18-19,21-22,25H,2,5,8,11,14,17,20,23-24H2,1H3,(H2,29,33). The third-order valence-electron chi connectivity index (χ3n) is 5.02. The zero-order valence-electron chi connectivity index (χ0n) is 19.8. The van der Waals surface area contributed by atoms with Gasteiger partial charge in [0.1, 0.15) is 0 Å². The molecule has 5 heteroatoms. The highest BCUT2D eigenvalue weighted by molar-refractivity contribution is 6.12. The number of imide groups is 1. The van der Waals surface area contributed by atoms with E-state index in [-0.39, 0.29) is 18.4 Å². The normalized spacial score (nSPS) is 15.8. The van der Waals surface area contributed by atoms with Gasteiger partial charge in [-0.15, -0.1) is 0 Å². The number of rotatable bonds is 17. The quantitative estimate of drug-likeness (QED) is 0.235. The number of nitrogens with two attached hydrogens (primary N) is 1. The highest BCUT2D eigenvalue weighted by atomic mass is 16.2. The molecular weight excluding hydrogens is 412 g/mol. The molecular formula is C28H38N2O3. The van der Waals surface area contributed by atoms with Crippen molar-refractivity contribution in [3.8, 4) is 0 Å². The molecule has 1 rings (SSSR count). The van der Waals surface area contributed by atoms with E-state index in [4.69, 9.17) is 5.73 Å². The number of hydrogen-bond donors (Lipinski definition) is 1. The van der Waals surface area contributed by atoms with E-state index < -0.39 is 11.8 Å². The van der Waals surface area contributed by atoms with Crippen molar-refractivity contribution in [1.82, 2.24) is 4.90 Å². The van der Waals surface area contributed by atoms with Crippen molar-refractivity contribution in [2.75, 3.05) is 6.54 Å².